The first-order valence-corrected chi connectivity index (χ1v) is 7.55. The quantitative estimate of drug-likeness (QED) is 0.736. The molecule has 0 N–H and O–H groups in total. The van der Waals surface area contributed by atoms with Crippen LogP contribution in [0.1, 0.15) is 18.2 Å². The van der Waals surface area contributed by atoms with Crippen molar-refractivity contribution in [2.75, 3.05) is 18.2 Å². The van der Waals surface area contributed by atoms with E-state index in [0.29, 0.717) is 12.6 Å². The average Bonchev–Trinajstić information content (AvgIpc) is 3.19. The van der Waals surface area contributed by atoms with Crippen molar-refractivity contribution in [1.29, 1.82) is 0 Å². The van der Waals surface area contributed by atoms with Gasteiger partial charge in [-0.25, -0.2) is 4.98 Å². The molecule has 7 nitrogen and oxygen atoms in total. The standard InChI is InChI=1S/C16H17N5O2/c1-3-20(8-12-4-5-13-14(7-12)23-10-22-13)15-6-11(2)19-16-17-9-18-21(15)16/h4-7,9H,3,8,10H2,1-2H3. The van der Waals surface area contributed by atoms with Crippen molar-refractivity contribution in [2.45, 2.75) is 20.4 Å². The van der Waals surface area contributed by atoms with Gasteiger partial charge in [-0.1, -0.05) is 6.07 Å². The Morgan fingerprint density at radius 3 is 2.96 bits per heavy atom. The number of ether oxygens (including phenoxy) is 2. The molecule has 0 radical (unpaired) electrons. The van der Waals surface area contributed by atoms with Gasteiger partial charge >= 0.3 is 0 Å². The number of rotatable bonds is 4. The van der Waals surface area contributed by atoms with Gasteiger partial charge in [0.15, 0.2) is 11.5 Å². The molecule has 1 aliphatic heterocycles. The summed E-state index contributed by atoms with van der Waals surface area (Å²) in [7, 11) is 0. The zero-order chi connectivity index (χ0) is 15.8. The fraction of sp³-hybridized carbons (Fsp3) is 0.312. The van der Waals surface area contributed by atoms with Crippen LogP contribution >= 0.6 is 0 Å². The van der Waals surface area contributed by atoms with Gasteiger partial charge in [0.2, 0.25) is 6.79 Å². The molecule has 2 aromatic heterocycles. The molecule has 23 heavy (non-hydrogen) atoms. The van der Waals surface area contributed by atoms with Crippen molar-refractivity contribution >= 4 is 11.6 Å². The van der Waals surface area contributed by atoms with Gasteiger partial charge in [0.25, 0.3) is 5.78 Å². The van der Waals surface area contributed by atoms with Crippen LogP contribution < -0.4 is 14.4 Å². The Kier molecular flexibility index (Phi) is 3.25. The van der Waals surface area contributed by atoms with Gasteiger partial charge in [-0.3, -0.25) is 0 Å². The van der Waals surface area contributed by atoms with E-state index < -0.39 is 0 Å². The Bertz CT molecular complexity index is 861. The molecule has 0 amide bonds. The maximum atomic E-state index is 5.46. The molecule has 118 valence electrons. The second-order valence-corrected chi connectivity index (χ2v) is 5.43. The molecule has 0 unspecified atom stereocenters. The number of anilines is 1. The number of nitrogens with zero attached hydrogens (tertiary/aromatic N) is 5. The van der Waals surface area contributed by atoms with Crippen LogP contribution in [0.3, 0.4) is 0 Å². The summed E-state index contributed by atoms with van der Waals surface area (Å²) in [6, 6.07) is 8.06. The molecule has 0 bridgehead atoms. The third kappa shape index (κ3) is 2.44. The van der Waals surface area contributed by atoms with Gasteiger partial charge in [-0.05, 0) is 31.5 Å². The minimum absolute atomic E-state index is 0.291. The topological polar surface area (TPSA) is 64.8 Å². The molecule has 3 aromatic rings. The second kappa shape index (κ2) is 5.42. The Morgan fingerprint density at radius 1 is 1.22 bits per heavy atom. The highest BCUT2D eigenvalue weighted by atomic mass is 16.7. The summed E-state index contributed by atoms with van der Waals surface area (Å²) in [6.45, 7) is 5.95. The smallest absolute Gasteiger partial charge is 0.254 e. The third-order valence-corrected chi connectivity index (χ3v) is 3.88. The molecule has 0 atom stereocenters. The van der Waals surface area contributed by atoms with Crippen molar-refractivity contribution in [1.82, 2.24) is 19.6 Å². The van der Waals surface area contributed by atoms with Crippen LogP contribution in [0.15, 0.2) is 30.6 Å². The predicted octanol–water partition coefficient (Wildman–Crippen LogP) is 2.19. The number of aryl methyl sites for hydroxylation is 1. The fourth-order valence-corrected chi connectivity index (χ4v) is 2.75. The molecule has 0 fully saturated rings. The highest BCUT2D eigenvalue weighted by Crippen LogP contribution is 2.33. The molecule has 0 spiro atoms. The predicted molar refractivity (Wildman–Crippen MR) is 84.8 cm³/mol. The summed E-state index contributed by atoms with van der Waals surface area (Å²) < 4.78 is 12.6. The summed E-state index contributed by atoms with van der Waals surface area (Å²) in [5.41, 5.74) is 2.07. The second-order valence-electron chi connectivity index (χ2n) is 5.43. The molecule has 7 heteroatoms. The first kappa shape index (κ1) is 13.8. The van der Waals surface area contributed by atoms with Gasteiger partial charge in [0, 0.05) is 24.8 Å². The Morgan fingerprint density at radius 2 is 2.09 bits per heavy atom. The first-order valence-electron chi connectivity index (χ1n) is 7.55. The molecule has 1 aromatic carbocycles. The van der Waals surface area contributed by atoms with Crippen molar-refractivity contribution in [2.24, 2.45) is 0 Å². The fourth-order valence-electron chi connectivity index (χ4n) is 2.75. The van der Waals surface area contributed by atoms with Gasteiger partial charge < -0.3 is 14.4 Å². The number of benzene rings is 1. The van der Waals surface area contributed by atoms with E-state index in [1.165, 1.54) is 6.33 Å². The summed E-state index contributed by atoms with van der Waals surface area (Å²) in [6.07, 6.45) is 1.53. The van der Waals surface area contributed by atoms with Crippen LogP contribution in [0.2, 0.25) is 0 Å². The minimum Gasteiger partial charge on any atom is -0.454 e. The summed E-state index contributed by atoms with van der Waals surface area (Å²) in [4.78, 5) is 10.8. The molecular formula is C16H17N5O2. The Labute approximate surface area is 133 Å². The summed E-state index contributed by atoms with van der Waals surface area (Å²) in [5.74, 6) is 3.19. The lowest BCUT2D eigenvalue weighted by molar-refractivity contribution is 0.174. The molecule has 0 aliphatic carbocycles. The minimum atomic E-state index is 0.291. The molecular weight excluding hydrogens is 294 g/mol. The molecule has 1 aliphatic rings. The Hall–Kier alpha value is -2.83. The normalized spacial score (nSPS) is 12.8. The monoisotopic (exact) mass is 311 g/mol. The zero-order valence-corrected chi connectivity index (χ0v) is 13.1. The Balaban J connectivity index is 1.69. The lowest BCUT2D eigenvalue weighted by Gasteiger charge is -2.23. The molecule has 3 heterocycles. The van der Waals surface area contributed by atoms with Gasteiger partial charge in [0.05, 0.1) is 0 Å². The van der Waals surface area contributed by atoms with E-state index >= 15 is 0 Å². The van der Waals surface area contributed by atoms with Crippen LogP contribution in [-0.2, 0) is 6.54 Å². The van der Waals surface area contributed by atoms with Gasteiger partial charge in [-0.2, -0.15) is 14.6 Å². The number of hydrogen-bond acceptors (Lipinski definition) is 6. The van der Waals surface area contributed by atoms with E-state index in [0.717, 1.165) is 41.7 Å². The van der Waals surface area contributed by atoms with Gasteiger partial charge in [0.1, 0.15) is 12.1 Å². The maximum Gasteiger partial charge on any atom is 0.254 e. The van der Waals surface area contributed by atoms with Crippen LogP contribution in [0.25, 0.3) is 5.78 Å². The number of aromatic nitrogens is 4. The van der Waals surface area contributed by atoms with Crippen LogP contribution in [0.4, 0.5) is 5.82 Å². The van der Waals surface area contributed by atoms with E-state index in [4.69, 9.17) is 9.47 Å². The largest absolute Gasteiger partial charge is 0.454 e. The van der Waals surface area contributed by atoms with Crippen molar-refractivity contribution in [3.63, 3.8) is 0 Å². The zero-order valence-electron chi connectivity index (χ0n) is 13.1. The van der Waals surface area contributed by atoms with Crippen molar-refractivity contribution < 1.29 is 9.47 Å². The highest BCUT2D eigenvalue weighted by Gasteiger charge is 2.16. The van der Waals surface area contributed by atoms with Crippen LogP contribution in [0, 0.1) is 6.92 Å². The third-order valence-electron chi connectivity index (χ3n) is 3.88. The van der Waals surface area contributed by atoms with E-state index in [9.17, 15) is 0 Å². The van der Waals surface area contributed by atoms with Crippen molar-refractivity contribution in [3.05, 3.63) is 41.9 Å². The van der Waals surface area contributed by atoms with E-state index in [2.05, 4.69) is 33.0 Å². The summed E-state index contributed by atoms with van der Waals surface area (Å²) in [5, 5.41) is 4.28. The van der Waals surface area contributed by atoms with E-state index in [1.54, 1.807) is 4.52 Å². The lowest BCUT2D eigenvalue weighted by Crippen LogP contribution is -2.25. The number of hydrogen-bond donors (Lipinski definition) is 0. The maximum absolute atomic E-state index is 5.46. The number of fused-ring (bicyclic) bond motifs is 2. The molecule has 0 saturated carbocycles. The lowest BCUT2D eigenvalue weighted by atomic mass is 10.2. The van der Waals surface area contributed by atoms with Crippen molar-refractivity contribution in [3.8, 4) is 11.5 Å². The molecule has 0 saturated heterocycles. The van der Waals surface area contributed by atoms with Crippen LogP contribution in [-0.4, -0.2) is 32.9 Å². The SMILES string of the molecule is CCN(Cc1ccc2c(c1)OCO2)c1cc(C)nc2ncnn12. The first-order chi connectivity index (χ1) is 11.2. The van der Waals surface area contributed by atoms with E-state index in [1.807, 2.05) is 25.1 Å². The summed E-state index contributed by atoms with van der Waals surface area (Å²) >= 11 is 0. The van der Waals surface area contributed by atoms with Gasteiger partial charge in [-0.15, -0.1) is 0 Å². The van der Waals surface area contributed by atoms with Crippen LogP contribution in [0.5, 0.6) is 11.5 Å². The highest BCUT2D eigenvalue weighted by molar-refractivity contribution is 5.49. The average molecular weight is 311 g/mol. The van der Waals surface area contributed by atoms with E-state index in [-0.39, 0.29) is 0 Å². The molecule has 4 rings (SSSR count).